The lowest BCUT2D eigenvalue weighted by molar-refractivity contribution is -0.538. The summed E-state index contributed by atoms with van der Waals surface area (Å²) >= 11 is 0. The van der Waals surface area contributed by atoms with Crippen LogP contribution >= 0.6 is 0 Å². The summed E-state index contributed by atoms with van der Waals surface area (Å²) in [7, 11) is -3.95. The first-order chi connectivity index (χ1) is 13.0. The van der Waals surface area contributed by atoms with Crippen molar-refractivity contribution in [2.24, 2.45) is 16.7 Å². The van der Waals surface area contributed by atoms with Crippen LogP contribution in [0.3, 0.4) is 0 Å². The first-order valence-electron chi connectivity index (χ1n) is 9.45. The van der Waals surface area contributed by atoms with Gasteiger partial charge < -0.3 is 5.11 Å². The minimum absolute atomic E-state index is 0.138. The van der Waals surface area contributed by atoms with E-state index in [0.29, 0.717) is 18.8 Å². The fourth-order valence-electron chi connectivity index (χ4n) is 5.91. The SMILES string of the molecule is CC1(C)C2CCC13CS(=O)(=O)N(C(=O)[C@@H](O)[C@@H](c1ccccc1)[N+](=O)[O-])[C@@H]3C2. The Hall–Kier alpha value is -2.00. The molecule has 1 spiro atoms. The summed E-state index contributed by atoms with van der Waals surface area (Å²) < 4.78 is 26.7. The van der Waals surface area contributed by atoms with E-state index in [-0.39, 0.29) is 16.7 Å². The molecule has 3 aliphatic rings. The van der Waals surface area contributed by atoms with Gasteiger partial charge in [-0.25, -0.2) is 12.7 Å². The molecular weight excluding hydrogens is 384 g/mol. The zero-order valence-corrected chi connectivity index (χ0v) is 16.6. The van der Waals surface area contributed by atoms with Crippen molar-refractivity contribution in [2.75, 3.05) is 5.75 Å². The molecule has 2 unspecified atom stereocenters. The summed E-state index contributed by atoms with van der Waals surface area (Å²) in [6, 6.07) is 5.46. The Balaban J connectivity index is 1.71. The molecule has 1 aliphatic heterocycles. The topological polar surface area (TPSA) is 118 Å². The first kappa shape index (κ1) is 19.3. The molecule has 2 aliphatic carbocycles. The lowest BCUT2D eigenvalue weighted by Gasteiger charge is -2.37. The van der Waals surface area contributed by atoms with Crippen LogP contribution in [0.4, 0.5) is 0 Å². The van der Waals surface area contributed by atoms with Crippen molar-refractivity contribution in [3.63, 3.8) is 0 Å². The molecule has 152 valence electrons. The second-order valence-electron chi connectivity index (χ2n) is 8.84. The fourth-order valence-corrected chi connectivity index (χ4v) is 8.47. The number of amides is 1. The van der Waals surface area contributed by atoms with E-state index in [1.165, 1.54) is 12.1 Å². The Morgan fingerprint density at radius 3 is 2.54 bits per heavy atom. The number of hydrogen-bond donors (Lipinski definition) is 1. The molecule has 1 aromatic rings. The number of sulfonamides is 1. The summed E-state index contributed by atoms with van der Waals surface area (Å²) in [6.45, 7) is 4.10. The van der Waals surface area contributed by atoms with E-state index in [2.05, 4.69) is 0 Å². The van der Waals surface area contributed by atoms with E-state index in [1.54, 1.807) is 18.2 Å². The summed E-state index contributed by atoms with van der Waals surface area (Å²) in [5.74, 6) is -0.919. The van der Waals surface area contributed by atoms with Crippen molar-refractivity contribution in [1.82, 2.24) is 4.31 Å². The average Bonchev–Trinajstić information content (AvgIpc) is 3.09. The van der Waals surface area contributed by atoms with Crippen molar-refractivity contribution in [1.29, 1.82) is 0 Å². The third-order valence-electron chi connectivity index (χ3n) is 7.55. The van der Waals surface area contributed by atoms with Crippen molar-refractivity contribution >= 4 is 15.9 Å². The highest BCUT2D eigenvalue weighted by Crippen LogP contribution is 2.70. The van der Waals surface area contributed by atoms with Crippen LogP contribution in [-0.4, -0.2) is 46.6 Å². The van der Waals surface area contributed by atoms with Gasteiger partial charge in [0.2, 0.25) is 16.1 Å². The van der Waals surface area contributed by atoms with Crippen molar-refractivity contribution in [3.05, 3.63) is 46.0 Å². The van der Waals surface area contributed by atoms with Gasteiger partial charge in [-0.1, -0.05) is 44.2 Å². The van der Waals surface area contributed by atoms with Crippen molar-refractivity contribution in [2.45, 2.75) is 51.3 Å². The van der Waals surface area contributed by atoms with E-state index in [1.807, 2.05) is 13.8 Å². The summed E-state index contributed by atoms with van der Waals surface area (Å²) in [4.78, 5) is 24.0. The predicted molar refractivity (Wildman–Crippen MR) is 100 cm³/mol. The van der Waals surface area contributed by atoms with E-state index < -0.39 is 44.5 Å². The van der Waals surface area contributed by atoms with Gasteiger partial charge in [-0.2, -0.15) is 0 Å². The lowest BCUT2D eigenvalue weighted by atomic mass is 9.69. The second kappa shape index (κ2) is 6.00. The Labute approximate surface area is 163 Å². The minimum Gasteiger partial charge on any atom is -0.377 e. The zero-order chi connectivity index (χ0) is 20.5. The van der Waals surface area contributed by atoms with Crippen LogP contribution in [0, 0.1) is 26.9 Å². The lowest BCUT2D eigenvalue weighted by Crippen LogP contribution is -2.50. The molecule has 9 heteroatoms. The predicted octanol–water partition coefficient (Wildman–Crippen LogP) is 1.73. The van der Waals surface area contributed by atoms with E-state index in [0.717, 1.165) is 10.7 Å². The normalized spacial score (nSPS) is 34.0. The molecule has 1 heterocycles. The molecular formula is C19H24N2O6S. The zero-order valence-electron chi connectivity index (χ0n) is 15.8. The summed E-state index contributed by atoms with van der Waals surface area (Å²) in [5.41, 5.74) is -0.608. The smallest absolute Gasteiger partial charge is 0.272 e. The maximum Gasteiger partial charge on any atom is 0.272 e. The average molecular weight is 408 g/mol. The molecule has 2 bridgehead atoms. The van der Waals surface area contributed by atoms with Gasteiger partial charge in [0, 0.05) is 15.9 Å². The Bertz CT molecular complexity index is 931. The van der Waals surface area contributed by atoms with Crippen LogP contribution in [0.1, 0.15) is 44.7 Å². The number of benzene rings is 1. The van der Waals surface area contributed by atoms with Gasteiger partial charge in [-0.05, 0) is 30.6 Å². The monoisotopic (exact) mass is 408 g/mol. The molecule has 1 aromatic carbocycles. The Kier molecular flexibility index (Phi) is 4.14. The van der Waals surface area contributed by atoms with Crippen LogP contribution < -0.4 is 0 Å². The maximum absolute atomic E-state index is 13.1. The number of nitrogens with zero attached hydrogens (tertiary/aromatic N) is 2. The molecule has 1 amide bonds. The molecule has 1 N–H and O–H groups in total. The van der Waals surface area contributed by atoms with Crippen LogP contribution in [0.25, 0.3) is 0 Å². The summed E-state index contributed by atoms with van der Waals surface area (Å²) in [6.07, 6.45) is 0.125. The number of aliphatic hydroxyl groups is 1. The second-order valence-corrected chi connectivity index (χ2v) is 10.7. The Morgan fingerprint density at radius 2 is 1.96 bits per heavy atom. The number of rotatable bonds is 4. The molecule has 0 aromatic heterocycles. The van der Waals surface area contributed by atoms with E-state index >= 15 is 0 Å². The number of carbonyl (C=O) groups excluding carboxylic acids is 1. The number of aliphatic hydroxyl groups excluding tert-OH is 1. The summed E-state index contributed by atoms with van der Waals surface area (Å²) in [5, 5.41) is 22.2. The molecule has 28 heavy (non-hydrogen) atoms. The molecule has 3 fully saturated rings. The van der Waals surface area contributed by atoms with Crippen LogP contribution in [0.2, 0.25) is 0 Å². The van der Waals surface area contributed by atoms with E-state index in [4.69, 9.17) is 0 Å². The highest BCUT2D eigenvalue weighted by atomic mass is 32.2. The van der Waals surface area contributed by atoms with Gasteiger partial charge in [0.15, 0.2) is 0 Å². The molecule has 2 saturated carbocycles. The molecule has 0 radical (unpaired) electrons. The van der Waals surface area contributed by atoms with Crippen LogP contribution in [0.15, 0.2) is 30.3 Å². The number of nitro groups is 1. The maximum atomic E-state index is 13.1. The molecule has 5 atom stereocenters. The van der Waals surface area contributed by atoms with Gasteiger partial charge >= 0.3 is 0 Å². The van der Waals surface area contributed by atoms with Crippen molar-refractivity contribution < 1.29 is 23.2 Å². The van der Waals surface area contributed by atoms with Gasteiger partial charge in [0.25, 0.3) is 11.9 Å². The quantitative estimate of drug-likeness (QED) is 0.599. The standard InChI is InChI=1S/C19H24N2O6S/c1-18(2)13-8-9-19(18)11-28(26,27)20(14(19)10-13)17(23)16(22)15(21(24)25)12-6-4-3-5-7-12/h3-7,13-16,22H,8-11H2,1-2H3/t13?,14-,15-,16+,19?/m1/s1. The molecule has 4 rings (SSSR count). The van der Waals surface area contributed by atoms with Crippen molar-refractivity contribution in [3.8, 4) is 0 Å². The first-order valence-corrected chi connectivity index (χ1v) is 11.1. The largest absolute Gasteiger partial charge is 0.377 e. The number of hydrogen-bond acceptors (Lipinski definition) is 6. The number of fused-ring (bicyclic) bond motifs is 1. The molecule has 8 nitrogen and oxygen atoms in total. The number of carbonyl (C=O) groups is 1. The third kappa shape index (κ3) is 2.38. The Morgan fingerprint density at radius 1 is 1.32 bits per heavy atom. The molecule has 1 saturated heterocycles. The van der Waals surface area contributed by atoms with E-state index in [9.17, 15) is 28.4 Å². The third-order valence-corrected chi connectivity index (χ3v) is 9.46. The minimum atomic E-state index is -3.95. The van der Waals surface area contributed by atoms with Gasteiger partial charge in [-0.3, -0.25) is 14.9 Å². The van der Waals surface area contributed by atoms with Crippen LogP contribution in [0.5, 0.6) is 0 Å². The highest BCUT2D eigenvalue weighted by Gasteiger charge is 2.72. The fraction of sp³-hybridized carbons (Fsp3) is 0.632. The van der Waals surface area contributed by atoms with Gasteiger partial charge in [0.1, 0.15) is 0 Å². The highest BCUT2D eigenvalue weighted by molar-refractivity contribution is 7.90. The van der Waals surface area contributed by atoms with Crippen LogP contribution in [-0.2, 0) is 14.8 Å². The van der Waals surface area contributed by atoms with Gasteiger partial charge in [-0.15, -0.1) is 0 Å². The van der Waals surface area contributed by atoms with Gasteiger partial charge in [0.05, 0.1) is 11.8 Å².